The molecule has 2 nitrogen and oxygen atoms in total. The predicted octanol–water partition coefficient (Wildman–Crippen LogP) is 3.15. The number of aryl methyl sites for hydroxylation is 1. The first-order valence-corrected chi connectivity index (χ1v) is 6.75. The van der Waals surface area contributed by atoms with Crippen LogP contribution in [0, 0.1) is 12.8 Å². The molecule has 94 valence electrons. The molecule has 1 saturated heterocycles. The van der Waals surface area contributed by atoms with Gasteiger partial charge in [0.2, 0.25) is 0 Å². The van der Waals surface area contributed by atoms with E-state index in [4.69, 9.17) is 4.74 Å². The van der Waals surface area contributed by atoms with Crippen molar-refractivity contribution in [2.45, 2.75) is 32.6 Å². The van der Waals surface area contributed by atoms with Crippen LogP contribution >= 0.6 is 0 Å². The minimum absolute atomic E-state index is 0.849. The van der Waals surface area contributed by atoms with E-state index in [0.717, 1.165) is 18.3 Å². The molecule has 0 aliphatic carbocycles. The Hall–Kier alpha value is -1.02. The molecule has 1 heterocycles. The summed E-state index contributed by atoms with van der Waals surface area (Å²) in [5.41, 5.74) is 1.23. The van der Waals surface area contributed by atoms with Gasteiger partial charge in [-0.25, -0.2) is 0 Å². The minimum atomic E-state index is 0.849. The first-order chi connectivity index (χ1) is 8.36. The average Bonchev–Trinajstić information content (AvgIpc) is 2.38. The highest BCUT2D eigenvalue weighted by Gasteiger charge is 2.12. The first-order valence-electron chi connectivity index (χ1n) is 6.75. The molecule has 17 heavy (non-hydrogen) atoms. The van der Waals surface area contributed by atoms with E-state index in [2.05, 4.69) is 30.4 Å². The first kappa shape index (κ1) is 12.4. The zero-order chi connectivity index (χ0) is 11.9. The van der Waals surface area contributed by atoms with Gasteiger partial charge in [0, 0.05) is 0 Å². The van der Waals surface area contributed by atoms with Crippen molar-refractivity contribution in [1.82, 2.24) is 5.32 Å². The lowest BCUT2D eigenvalue weighted by Gasteiger charge is -2.22. The summed E-state index contributed by atoms with van der Waals surface area (Å²) < 4.78 is 5.81. The molecule has 0 spiro atoms. The predicted molar refractivity (Wildman–Crippen MR) is 71.5 cm³/mol. The van der Waals surface area contributed by atoms with E-state index in [0.29, 0.717) is 0 Å². The molecule has 1 N–H and O–H groups in total. The summed E-state index contributed by atoms with van der Waals surface area (Å²) in [6, 6.07) is 8.24. The van der Waals surface area contributed by atoms with Gasteiger partial charge in [0.15, 0.2) is 0 Å². The van der Waals surface area contributed by atoms with E-state index in [1.54, 1.807) is 0 Å². The number of rotatable bonds is 5. The molecule has 2 heteroatoms. The molecule has 1 atom stereocenters. The maximum absolute atomic E-state index is 5.81. The highest BCUT2D eigenvalue weighted by molar-refractivity contribution is 5.31. The quantitative estimate of drug-likeness (QED) is 0.789. The zero-order valence-corrected chi connectivity index (χ0v) is 10.7. The smallest absolute Gasteiger partial charge is 0.122 e. The fraction of sp³-hybridized carbons (Fsp3) is 0.600. The Morgan fingerprint density at radius 1 is 1.35 bits per heavy atom. The molecule has 0 radical (unpaired) electrons. The average molecular weight is 233 g/mol. The Bertz CT molecular complexity index is 331. The molecule has 1 aromatic carbocycles. The van der Waals surface area contributed by atoms with E-state index in [1.165, 1.54) is 44.3 Å². The van der Waals surface area contributed by atoms with Gasteiger partial charge in [0.05, 0.1) is 6.61 Å². The molecule has 1 aromatic rings. The van der Waals surface area contributed by atoms with Gasteiger partial charge in [-0.3, -0.25) is 0 Å². The van der Waals surface area contributed by atoms with Crippen LogP contribution in [0.15, 0.2) is 24.3 Å². The highest BCUT2D eigenvalue weighted by Crippen LogP contribution is 2.18. The Balaban J connectivity index is 1.64. The third-order valence-corrected chi connectivity index (χ3v) is 3.51. The second-order valence-corrected chi connectivity index (χ2v) is 4.97. The number of nitrogens with one attached hydrogen (secondary N) is 1. The molecule has 1 fully saturated rings. The second-order valence-electron chi connectivity index (χ2n) is 4.97. The summed E-state index contributed by atoms with van der Waals surface area (Å²) in [6.07, 6.45) is 5.18. The van der Waals surface area contributed by atoms with Crippen LogP contribution < -0.4 is 10.1 Å². The minimum Gasteiger partial charge on any atom is -0.493 e. The van der Waals surface area contributed by atoms with Crippen molar-refractivity contribution in [2.24, 2.45) is 5.92 Å². The lowest BCUT2D eigenvalue weighted by atomic mass is 9.95. The van der Waals surface area contributed by atoms with Crippen LogP contribution in [0.5, 0.6) is 5.75 Å². The SMILES string of the molecule is Cc1ccccc1OCCCC1CCCNC1. The number of hydrogen-bond donors (Lipinski definition) is 1. The van der Waals surface area contributed by atoms with E-state index in [9.17, 15) is 0 Å². The normalized spacial score (nSPS) is 20.2. The van der Waals surface area contributed by atoms with Gasteiger partial charge in [-0.15, -0.1) is 0 Å². The largest absolute Gasteiger partial charge is 0.493 e. The topological polar surface area (TPSA) is 21.3 Å². The maximum atomic E-state index is 5.81. The zero-order valence-electron chi connectivity index (χ0n) is 10.7. The van der Waals surface area contributed by atoms with Crippen LogP contribution in [-0.4, -0.2) is 19.7 Å². The van der Waals surface area contributed by atoms with Crippen molar-refractivity contribution in [3.8, 4) is 5.75 Å². The molecule has 1 unspecified atom stereocenters. The molecule has 0 bridgehead atoms. The standard InChI is InChI=1S/C15H23NO/c1-13-6-2-3-9-15(13)17-11-5-8-14-7-4-10-16-12-14/h2-3,6,9,14,16H,4-5,7-8,10-12H2,1H3. The number of ether oxygens (including phenoxy) is 1. The summed E-state index contributed by atoms with van der Waals surface area (Å²) in [6.45, 7) is 5.35. The summed E-state index contributed by atoms with van der Waals surface area (Å²) in [4.78, 5) is 0. The number of piperidine rings is 1. The van der Waals surface area contributed by atoms with Crippen molar-refractivity contribution in [3.05, 3.63) is 29.8 Å². The van der Waals surface area contributed by atoms with Gasteiger partial charge in [0.25, 0.3) is 0 Å². The lowest BCUT2D eigenvalue weighted by molar-refractivity contribution is 0.274. The lowest BCUT2D eigenvalue weighted by Crippen LogP contribution is -2.29. The van der Waals surface area contributed by atoms with Crippen LogP contribution in [-0.2, 0) is 0 Å². The van der Waals surface area contributed by atoms with Gasteiger partial charge >= 0.3 is 0 Å². The second kappa shape index (κ2) is 6.65. The molecule has 1 aliphatic heterocycles. The Morgan fingerprint density at radius 3 is 3.00 bits per heavy atom. The highest BCUT2D eigenvalue weighted by atomic mass is 16.5. The fourth-order valence-corrected chi connectivity index (χ4v) is 2.44. The van der Waals surface area contributed by atoms with Crippen LogP contribution in [0.1, 0.15) is 31.2 Å². The number of benzene rings is 1. The number of hydrogen-bond acceptors (Lipinski definition) is 2. The molecule has 0 amide bonds. The molecule has 0 saturated carbocycles. The molecule has 2 rings (SSSR count). The van der Waals surface area contributed by atoms with Crippen LogP contribution in [0.25, 0.3) is 0 Å². The van der Waals surface area contributed by atoms with Gasteiger partial charge < -0.3 is 10.1 Å². The van der Waals surface area contributed by atoms with Gasteiger partial charge in [-0.05, 0) is 63.2 Å². The van der Waals surface area contributed by atoms with Crippen LogP contribution in [0.3, 0.4) is 0 Å². The van der Waals surface area contributed by atoms with Crippen molar-refractivity contribution < 1.29 is 4.74 Å². The van der Waals surface area contributed by atoms with Crippen LogP contribution in [0.4, 0.5) is 0 Å². The Morgan fingerprint density at radius 2 is 2.24 bits per heavy atom. The third kappa shape index (κ3) is 4.04. The van der Waals surface area contributed by atoms with Gasteiger partial charge in [-0.1, -0.05) is 18.2 Å². The van der Waals surface area contributed by atoms with Crippen molar-refractivity contribution in [3.63, 3.8) is 0 Å². The molecular formula is C15H23NO. The Kier molecular flexibility index (Phi) is 4.87. The molecular weight excluding hydrogens is 210 g/mol. The fourth-order valence-electron chi connectivity index (χ4n) is 2.44. The van der Waals surface area contributed by atoms with Crippen molar-refractivity contribution in [1.29, 1.82) is 0 Å². The van der Waals surface area contributed by atoms with Crippen LogP contribution in [0.2, 0.25) is 0 Å². The monoisotopic (exact) mass is 233 g/mol. The summed E-state index contributed by atoms with van der Waals surface area (Å²) >= 11 is 0. The Labute approximate surface area is 104 Å². The van der Waals surface area contributed by atoms with E-state index < -0.39 is 0 Å². The van der Waals surface area contributed by atoms with E-state index in [1.807, 2.05) is 6.07 Å². The summed E-state index contributed by atoms with van der Waals surface area (Å²) in [7, 11) is 0. The van der Waals surface area contributed by atoms with Gasteiger partial charge in [0.1, 0.15) is 5.75 Å². The summed E-state index contributed by atoms with van der Waals surface area (Å²) in [5.74, 6) is 1.90. The molecule has 0 aromatic heterocycles. The van der Waals surface area contributed by atoms with Crippen molar-refractivity contribution >= 4 is 0 Å². The third-order valence-electron chi connectivity index (χ3n) is 3.51. The van der Waals surface area contributed by atoms with Gasteiger partial charge in [-0.2, -0.15) is 0 Å². The maximum Gasteiger partial charge on any atom is 0.122 e. The summed E-state index contributed by atoms with van der Waals surface area (Å²) in [5, 5.41) is 3.46. The van der Waals surface area contributed by atoms with E-state index >= 15 is 0 Å². The number of para-hydroxylation sites is 1. The molecule has 1 aliphatic rings. The van der Waals surface area contributed by atoms with Crippen molar-refractivity contribution in [2.75, 3.05) is 19.7 Å². The van der Waals surface area contributed by atoms with E-state index in [-0.39, 0.29) is 0 Å².